The first-order valence-corrected chi connectivity index (χ1v) is 13.2. The summed E-state index contributed by atoms with van der Waals surface area (Å²) in [5.74, 6) is 1.37. The van der Waals surface area contributed by atoms with Crippen LogP contribution in [-0.4, -0.2) is 59.4 Å². The highest BCUT2D eigenvalue weighted by molar-refractivity contribution is 7.09. The van der Waals surface area contributed by atoms with E-state index in [2.05, 4.69) is 10.6 Å². The van der Waals surface area contributed by atoms with Crippen LogP contribution in [-0.2, 0) is 16.1 Å². The Morgan fingerprint density at radius 3 is 2.60 bits per heavy atom. The van der Waals surface area contributed by atoms with E-state index >= 15 is 0 Å². The summed E-state index contributed by atoms with van der Waals surface area (Å²) in [7, 11) is 3.98. The summed E-state index contributed by atoms with van der Waals surface area (Å²) in [6, 6.07) is 12.5. The van der Waals surface area contributed by atoms with Crippen molar-refractivity contribution in [3.8, 4) is 0 Å². The molecule has 3 aromatic rings. The summed E-state index contributed by atoms with van der Waals surface area (Å²) in [6.45, 7) is 1.11. The van der Waals surface area contributed by atoms with Gasteiger partial charge in [-0.05, 0) is 49.3 Å². The summed E-state index contributed by atoms with van der Waals surface area (Å²) in [4.78, 5) is 39.7. The second-order valence-corrected chi connectivity index (χ2v) is 10.8. The van der Waals surface area contributed by atoms with Crippen molar-refractivity contribution in [1.82, 2.24) is 20.2 Å². The zero-order valence-corrected chi connectivity index (χ0v) is 21.1. The van der Waals surface area contributed by atoms with Crippen LogP contribution < -0.4 is 15.5 Å². The van der Waals surface area contributed by atoms with Crippen LogP contribution in [0.25, 0.3) is 10.9 Å². The topological polar surface area (TPSA) is 90.5 Å². The van der Waals surface area contributed by atoms with Gasteiger partial charge in [0.05, 0.1) is 18.0 Å². The molecule has 5 rings (SSSR count). The van der Waals surface area contributed by atoms with Crippen LogP contribution in [0.15, 0.2) is 41.8 Å². The second kappa shape index (κ2) is 10.2. The highest BCUT2D eigenvalue weighted by atomic mass is 32.1. The lowest BCUT2D eigenvalue weighted by atomic mass is 9.90. The van der Waals surface area contributed by atoms with Crippen molar-refractivity contribution in [2.75, 3.05) is 30.9 Å². The average Bonchev–Trinajstić information content (AvgIpc) is 3.50. The Bertz CT molecular complexity index is 1190. The summed E-state index contributed by atoms with van der Waals surface area (Å²) >= 11 is 1.64. The van der Waals surface area contributed by atoms with E-state index < -0.39 is 0 Å². The number of nitrogens with one attached hydrogen (secondary N) is 2. The number of aromatic nitrogens is 2. The van der Waals surface area contributed by atoms with E-state index in [1.807, 2.05) is 65.7 Å². The van der Waals surface area contributed by atoms with Crippen LogP contribution in [0.2, 0.25) is 0 Å². The standard InChI is InChI=1S/C26H32N6O2S/c1-31(2)24-21-7-3-4-8-22(21)29-26(30-24)28-19-11-9-18(10-12-19)27-25(34)17-14-23(33)32(15-17)16-20-6-5-13-35-20/h3-8,13,17-19H,9-12,14-16H2,1-2H3,(H,27,34)(H,28,29,30). The number of rotatable bonds is 7. The van der Waals surface area contributed by atoms with Gasteiger partial charge in [-0.25, -0.2) is 4.98 Å². The van der Waals surface area contributed by atoms with E-state index in [9.17, 15) is 9.59 Å². The van der Waals surface area contributed by atoms with E-state index in [1.54, 1.807) is 11.3 Å². The van der Waals surface area contributed by atoms with Crippen molar-refractivity contribution in [3.05, 3.63) is 46.7 Å². The van der Waals surface area contributed by atoms with E-state index in [0.29, 0.717) is 25.5 Å². The molecule has 1 aliphatic carbocycles. The smallest absolute Gasteiger partial charge is 0.225 e. The van der Waals surface area contributed by atoms with Gasteiger partial charge in [-0.15, -0.1) is 11.3 Å². The molecule has 2 aromatic heterocycles. The molecule has 2 fully saturated rings. The molecule has 2 aliphatic rings. The Labute approximate surface area is 209 Å². The normalized spacial score (nSPS) is 22.4. The number of hydrogen-bond acceptors (Lipinski definition) is 7. The minimum absolute atomic E-state index is 0.0110. The van der Waals surface area contributed by atoms with Gasteiger partial charge in [-0.2, -0.15) is 4.98 Å². The van der Waals surface area contributed by atoms with Crippen LogP contribution >= 0.6 is 11.3 Å². The maximum atomic E-state index is 12.9. The molecule has 2 amide bonds. The summed E-state index contributed by atoms with van der Waals surface area (Å²) < 4.78 is 0. The van der Waals surface area contributed by atoms with Gasteiger partial charge in [0, 0.05) is 49.4 Å². The number of fused-ring (bicyclic) bond motifs is 1. The Morgan fingerprint density at radius 1 is 1.09 bits per heavy atom. The molecular weight excluding hydrogens is 460 g/mol. The van der Waals surface area contributed by atoms with Crippen molar-refractivity contribution < 1.29 is 9.59 Å². The lowest BCUT2D eigenvalue weighted by Crippen LogP contribution is -2.43. The van der Waals surface area contributed by atoms with Crippen molar-refractivity contribution in [3.63, 3.8) is 0 Å². The first kappa shape index (κ1) is 23.5. The Kier molecular flexibility index (Phi) is 6.86. The SMILES string of the molecule is CN(C)c1nc(NC2CCC(NC(=O)C3CC(=O)N(Cc4cccs4)C3)CC2)nc2ccccc12. The average molecular weight is 493 g/mol. The zero-order chi connectivity index (χ0) is 24.4. The molecule has 184 valence electrons. The van der Waals surface area contributed by atoms with Crippen LogP contribution in [0.3, 0.4) is 0 Å². The van der Waals surface area contributed by atoms with E-state index in [4.69, 9.17) is 9.97 Å². The third-order valence-electron chi connectivity index (χ3n) is 6.93. The molecule has 1 saturated carbocycles. The van der Waals surface area contributed by atoms with Gasteiger partial charge < -0.3 is 20.4 Å². The van der Waals surface area contributed by atoms with Gasteiger partial charge in [0.25, 0.3) is 0 Å². The largest absolute Gasteiger partial charge is 0.362 e. The first-order valence-electron chi connectivity index (χ1n) is 12.3. The van der Waals surface area contributed by atoms with Crippen molar-refractivity contribution >= 4 is 45.8 Å². The van der Waals surface area contributed by atoms with Gasteiger partial charge >= 0.3 is 0 Å². The summed E-state index contributed by atoms with van der Waals surface area (Å²) in [5, 5.41) is 9.78. The molecule has 35 heavy (non-hydrogen) atoms. The van der Waals surface area contributed by atoms with Gasteiger partial charge in [-0.1, -0.05) is 18.2 Å². The van der Waals surface area contributed by atoms with E-state index in [-0.39, 0.29) is 29.8 Å². The van der Waals surface area contributed by atoms with Crippen LogP contribution in [0.4, 0.5) is 11.8 Å². The van der Waals surface area contributed by atoms with E-state index in [0.717, 1.165) is 47.3 Å². The van der Waals surface area contributed by atoms with Gasteiger partial charge in [0.2, 0.25) is 17.8 Å². The lowest BCUT2D eigenvalue weighted by molar-refractivity contribution is -0.129. The molecule has 1 aromatic carbocycles. The van der Waals surface area contributed by atoms with Crippen molar-refractivity contribution in [2.24, 2.45) is 5.92 Å². The van der Waals surface area contributed by atoms with Crippen LogP contribution in [0.5, 0.6) is 0 Å². The van der Waals surface area contributed by atoms with Crippen molar-refractivity contribution in [2.45, 2.75) is 50.7 Å². The Hall–Kier alpha value is -3.20. The number of benzene rings is 1. The number of nitrogens with zero attached hydrogens (tertiary/aromatic N) is 4. The Balaban J connectivity index is 1.13. The number of hydrogen-bond donors (Lipinski definition) is 2. The van der Waals surface area contributed by atoms with Gasteiger partial charge in [-0.3, -0.25) is 9.59 Å². The minimum atomic E-state index is -0.256. The molecular formula is C26H32N6O2S. The maximum Gasteiger partial charge on any atom is 0.225 e. The molecule has 1 unspecified atom stereocenters. The fourth-order valence-corrected chi connectivity index (χ4v) is 5.76. The number of anilines is 2. The molecule has 1 aliphatic heterocycles. The third kappa shape index (κ3) is 5.40. The predicted octanol–water partition coefficient (Wildman–Crippen LogP) is 3.65. The summed E-state index contributed by atoms with van der Waals surface area (Å²) in [5.41, 5.74) is 0.925. The summed E-state index contributed by atoms with van der Waals surface area (Å²) in [6.07, 6.45) is 3.98. The number of likely N-dealkylation sites (tertiary alicyclic amines) is 1. The number of carbonyl (C=O) groups is 2. The quantitative estimate of drug-likeness (QED) is 0.523. The van der Waals surface area contributed by atoms with Crippen LogP contribution in [0, 0.1) is 5.92 Å². The number of carbonyl (C=O) groups excluding carboxylic acids is 2. The maximum absolute atomic E-state index is 12.9. The molecule has 9 heteroatoms. The second-order valence-electron chi connectivity index (χ2n) is 9.74. The molecule has 3 heterocycles. The zero-order valence-electron chi connectivity index (χ0n) is 20.2. The molecule has 0 spiro atoms. The Morgan fingerprint density at radius 2 is 1.86 bits per heavy atom. The molecule has 8 nitrogen and oxygen atoms in total. The highest BCUT2D eigenvalue weighted by Gasteiger charge is 2.35. The minimum Gasteiger partial charge on any atom is -0.362 e. The molecule has 0 bridgehead atoms. The van der Waals surface area contributed by atoms with Crippen LogP contribution in [0.1, 0.15) is 37.0 Å². The molecule has 2 N–H and O–H groups in total. The lowest BCUT2D eigenvalue weighted by Gasteiger charge is -2.30. The molecule has 0 radical (unpaired) electrons. The monoisotopic (exact) mass is 492 g/mol. The first-order chi connectivity index (χ1) is 17.0. The number of thiophene rings is 1. The molecule has 1 saturated heterocycles. The number of amides is 2. The van der Waals surface area contributed by atoms with Crippen molar-refractivity contribution in [1.29, 1.82) is 0 Å². The third-order valence-corrected chi connectivity index (χ3v) is 7.79. The molecule has 1 atom stereocenters. The fraction of sp³-hybridized carbons (Fsp3) is 0.462. The predicted molar refractivity (Wildman–Crippen MR) is 140 cm³/mol. The fourth-order valence-electron chi connectivity index (χ4n) is 5.04. The van der Waals surface area contributed by atoms with E-state index in [1.165, 1.54) is 0 Å². The number of para-hydroxylation sites is 1. The highest BCUT2D eigenvalue weighted by Crippen LogP contribution is 2.27. The van der Waals surface area contributed by atoms with Gasteiger partial charge in [0.15, 0.2) is 0 Å². The van der Waals surface area contributed by atoms with Gasteiger partial charge in [0.1, 0.15) is 5.82 Å².